The first-order chi connectivity index (χ1) is 12.6. The number of benzene rings is 2. The van der Waals surface area contributed by atoms with Crippen LogP contribution in [0.25, 0.3) is 0 Å². The number of hydrogen-bond acceptors (Lipinski definition) is 0. The quantitative estimate of drug-likeness (QED) is 0.686. The second-order valence-corrected chi connectivity index (χ2v) is 8.69. The standard InChI is InChI=1S/C24H34N2/c1-3-21-7-5-9-23(17-21)19-25-11-14-26(15-12-25,16-13-25)20-24-10-6-8-22(4-2)18-24/h5-10,17-18H,3-4,11-16,19-20H2,1-2H3/q+2. The van der Waals surface area contributed by atoms with E-state index >= 15 is 0 Å². The van der Waals surface area contributed by atoms with Crippen molar-refractivity contribution >= 4 is 0 Å². The zero-order valence-corrected chi connectivity index (χ0v) is 16.6. The Morgan fingerprint density at radius 2 is 0.923 bits per heavy atom. The Balaban J connectivity index is 1.44. The third-order valence-corrected chi connectivity index (χ3v) is 6.98. The Labute approximate surface area is 159 Å². The van der Waals surface area contributed by atoms with Crippen molar-refractivity contribution in [3.8, 4) is 0 Å². The second kappa shape index (κ2) is 7.17. The fourth-order valence-electron chi connectivity index (χ4n) is 5.09. The summed E-state index contributed by atoms with van der Waals surface area (Å²) in [6.07, 6.45) is 2.29. The molecule has 0 spiro atoms. The molecule has 26 heavy (non-hydrogen) atoms. The van der Waals surface area contributed by atoms with Gasteiger partial charge in [0.1, 0.15) is 52.4 Å². The zero-order valence-electron chi connectivity index (χ0n) is 16.6. The molecule has 2 nitrogen and oxygen atoms in total. The van der Waals surface area contributed by atoms with Gasteiger partial charge in [0.15, 0.2) is 0 Å². The number of rotatable bonds is 6. The van der Waals surface area contributed by atoms with Crippen molar-refractivity contribution in [2.75, 3.05) is 39.3 Å². The highest BCUT2D eigenvalue weighted by molar-refractivity contribution is 5.23. The van der Waals surface area contributed by atoms with Gasteiger partial charge in [-0.1, -0.05) is 62.4 Å². The molecule has 2 aromatic rings. The molecule has 2 bridgehead atoms. The Hall–Kier alpha value is -1.64. The van der Waals surface area contributed by atoms with Gasteiger partial charge in [-0.05, 0) is 24.0 Å². The fraction of sp³-hybridized carbons (Fsp3) is 0.500. The van der Waals surface area contributed by atoms with Gasteiger partial charge in [-0.15, -0.1) is 0 Å². The molecule has 3 fully saturated rings. The molecular weight excluding hydrogens is 316 g/mol. The molecule has 3 heterocycles. The minimum absolute atomic E-state index is 1.14. The number of aryl methyl sites for hydroxylation is 2. The zero-order chi connectivity index (χ0) is 18.0. The van der Waals surface area contributed by atoms with Gasteiger partial charge in [0.25, 0.3) is 0 Å². The maximum Gasteiger partial charge on any atom is 0.129 e. The topological polar surface area (TPSA) is 0 Å². The first kappa shape index (κ1) is 17.8. The number of hydrogen-bond donors (Lipinski definition) is 0. The lowest BCUT2D eigenvalue weighted by atomic mass is 10.0. The summed E-state index contributed by atoms with van der Waals surface area (Å²) in [5, 5.41) is 0. The number of piperazine rings is 3. The SMILES string of the molecule is CCc1cccc(C[N+]23CC[N+](Cc4cccc(CC)c4)(CC2)CC3)c1. The lowest BCUT2D eigenvalue weighted by Crippen LogP contribution is -2.74. The highest BCUT2D eigenvalue weighted by Crippen LogP contribution is 2.31. The summed E-state index contributed by atoms with van der Waals surface area (Å²) in [6.45, 7) is 15.1. The van der Waals surface area contributed by atoms with Crippen LogP contribution in [-0.2, 0) is 25.9 Å². The summed E-state index contributed by atoms with van der Waals surface area (Å²) in [5.41, 5.74) is 6.05. The van der Waals surface area contributed by atoms with Crippen molar-refractivity contribution in [2.24, 2.45) is 0 Å². The van der Waals surface area contributed by atoms with Gasteiger partial charge in [0.05, 0.1) is 0 Å². The maximum absolute atomic E-state index is 2.44. The van der Waals surface area contributed by atoms with Gasteiger partial charge in [-0.2, -0.15) is 0 Å². The third kappa shape index (κ3) is 3.58. The number of fused-ring (bicyclic) bond motifs is 3. The molecule has 2 aromatic carbocycles. The van der Waals surface area contributed by atoms with E-state index in [1.807, 2.05) is 0 Å². The molecule has 0 amide bonds. The molecule has 3 aliphatic heterocycles. The lowest BCUT2D eigenvalue weighted by Gasteiger charge is -2.55. The van der Waals surface area contributed by atoms with Crippen molar-refractivity contribution in [1.29, 1.82) is 0 Å². The summed E-state index contributed by atoms with van der Waals surface area (Å²) < 4.78 is 2.64. The van der Waals surface area contributed by atoms with E-state index in [1.165, 1.54) is 72.5 Å². The minimum atomic E-state index is 1.14. The molecule has 0 aromatic heterocycles. The van der Waals surface area contributed by atoms with Gasteiger partial charge >= 0.3 is 0 Å². The Kier molecular flexibility index (Phi) is 4.90. The van der Waals surface area contributed by atoms with Crippen LogP contribution in [0.5, 0.6) is 0 Å². The van der Waals surface area contributed by atoms with Gasteiger partial charge in [0.2, 0.25) is 0 Å². The van der Waals surface area contributed by atoms with Gasteiger partial charge in [0, 0.05) is 11.1 Å². The molecule has 3 aliphatic rings. The maximum atomic E-state index is 2.44. The molecule has 0 saturated carbocycles. The number of nitrogens with zero attached hydrogens (tertiary/aromatic N) is 2. The lowest BCUT2D eigenvalue weighted by molar-refractivity contribution is -1.09. The van der Waals surface area contributed by atoms with E-state index in [-0.39, 0.29) is 0 Å². The predicted molar refractivity (Wildman–Crippen MR) is 109 cm³/mol. The van der Waals surface area contributed by atoms with E-state index in [1.54, 1.807) is 11.1 Å². The highest BCUT2D eigenvalue weighted by Gasteiger charge is 2.48. The normalized spacial score (nSPS) is 27.6. The average molecular weight is 351 g/mol. The fourth-order valence-corrected chi connectivity index (χ4v) is 5.09. The molecule has 0 N–H and O–H groups in total. The Morgan fingerprint density at radius 3 is 1.27 bits per heavy atom. The molecule has 138 valence electrons. The van der Waals surface area contributed by atoms with Gasteiger partial charge < -0.3 is 8.97 Å². The van der Waals surface area contributed by atoms with E-state index in [9.17, 15) is 0 Å². The van der Waals surface area contributed by atoms with E-state index < -0.39 is 0 Å². The second-order valence-electron chi connectivity index (χ2n) is 8.69. The summed E-state index contributed by atoms with van der Waals surface area (Å²) in [7, 11) is 0. The average Bonchev–Trinajstić information content (AvgIpc) is 2.69. The van der Waals surface area contributed by atoms with Crippen LogP contribution in [0.1, 0.15) is 36.1 Å². The first-order valence-electron chi connectivity index (χ1n) is 10.5. The smallest absolute Gasteiger partial charge is 0.129 e. The summed E-state index contributed by atoms with van der Waals surface area (Å²) in [4.78, 5) is 0. The molecule has 0 radical (unpaired) electrons. The molecule has 0 atom stereocenters. The van der Waals surface area contributed by atoms with Crippen LogP contribution in [0, 0.1) is 0 Å². The Morgan fingerprint density at radius 1 is 0.577 bits per heavy atom. The van der Waals surface area contributed by atoms with Crippen molar-refractivity contribution in [3.63, 3.8) is 0 Å². The van der Waals surface area contributed by atoms with Crippen molar-refractivity contribution < 1.29 is 8.97 Å². The van der Waals surface area contributed by atoms with E-state index in [2.05, 4.69) is 62.4 Å². The highest BCUT2D eigenvalue weighted by atomic mass is 15.5. The van der Waals surface area contributed by atoms with E-state index in [0.717, 1.165) is 12.8 Å². The van der Waals surface area contributed by atoms with Crippen LogP contribution in [0.4, 0.5) is 0 Å². The summed E-state index contributed by atoms with van der Waals surface area (Å²) >= 11 is 0. The molecule has 2 heteroatoms. The third-order valence-electron chi connectivity index (χ3n) is 6.98. The van der Waals surface area contributed by atoms with Crippen molar-refractivity contribution in [2.45, 2.75) is 39.8 Å². The predicted octanol–water partition coefficient (Wildman–Crippen LogP) is 4.17. The van der Waals surface area contributed by atoms with Crippen molar-refractivity contribution in [3.05, 3.63) is 70.8 Å². The van der Waals surface area contributed by atoms with Gasteiger partial charge in [-0.3, -0.25) is 0 Å². The first-order valence-corrected chi connectivity index (χ1v) is 10.5. The summed E-state index contributed by atoms with van der Waals surface area (Å²) in [6, 6.07) is 18.6. The Bertz CT molecular complexity index is 674. The monoisotopic (exact) mass is 350 g/mol. The molecular formula is C24H34N2+2. The van der Waals surface area contributed by atoms with Crippen LogP contribution < -0.4 is 0 Å². The van der Waals surface area contributed by atoms with E-state index in [4.69, 9.17) is 0 Å². The van der Waals surface area contributed by atoms with E-state index in [0.29, 0.717) is 0 Å². The molecule has 5 rings (SSSR count). The molecule has 0 aliphatic carbocycles. The van der Waals surface area contributed by atoms with Crippen molar-refractivity contribution in [1.82, 2.24) is 0 Å². The van der Waals surface area contributed by atoms with Gasteiger partial charge in [-0.25, -0.2) is 0 Å². The summed E-state index contributed by atoms with van der Waals surface area (Å²) in [5.74, 6) is 0. The van der Waals surface area contributed by atoms with Crippen LogP contribution in [0.3, 0.4) is 0 Å². The number of quaternary nitrogens is 2. The minimum Gasteiger partial charge on any atom is -0.306 e. The molecule has 3 saturated heterocycles. The van der Waals surface area contributed by atoms with Crippen LogP contribution in [0.15, 0.2) is 48.5 Å². The van der Waals surface area contributed by atoms with Crippen LogP contribution in [-0.4, -0.2) is 48.2 Å². The largest absolute Gasteiger partial charge is 0.306 e. The van der Waals surface area contributed by atoms with Crippen LogP contribution in [0.2, 0.25) is 0 Å². The molecule has 0 unspecified atom stereocenters. The van der Waals surface area contributed by atoms with Crippen LogP contribution >= 0.6 is 0 Å².